The summed E-state index contributed by atoms with van der Waals surface area (Å²) >= 11 is 0. The third-order valence-electron chi connectivity index (χ3n) is 9.51. The first kappa shape index (κ1) is 27.5. The van der Waals surface area contributed by atoms with Gasteiger partial charge in [-0.25, -0.2) is 9.78 Å². The Labute approximate surface area is 251 Å². The van der Waals surface area contributed by atoms with Crippen LogP contribution in [0.5, 0.6) is 0 Å². The lowest BCUT2D eigenvalue weighted by Gasteiger charge is -2.46. The Balaban J connectivity index is 1.65. The second-order valence-electron chi connectivity index (χ2n) is 12.7. The normalized spacial score (nSPS) is 17.7. The maximum Gasteiger partial charge on any atom is 0.343 e. The van der Waals surface area contributed by atoms with Crippen LogP contribution in [-0.4, -0.2) is 28.7 Å². The van der Waals surface area contributed by atoms with Crippen molar-refractivity contribution in [3.63, 3.8) is 0 Å². The molecule has 4 heterocycles. The number of esters is 1. The zero-order chi connectivity index (χ0) is 30.1. The van der Waals surface area contributed by atoms with Gasteiger partial charge in [0.25, 0.3) is 5.56 Å². The summed E-state index contributed by atoms with van der Waals surface area (Å²) in [6.45, 7) is 8.92. The molecule has 2 aromatic heterocycles. The van der Waals surface area contributed by atoms with Crippen LogP contribution in [0.3, 0.4) is 0 Å². The van der Waals surface area contributed by atoms with Crippen LogP contribution in [0.2, 0.25) is 5.04 Å². The van der Waals surface area contributed by atoms with Gasteiger partial charge in [0.2, 0.25) is 0 Å². The van der Waals surface area contributed by atoms with Crippen LogP contribution >= 0.6 is 0 Å². The first-order valence-corrected chi connectivity index (χ1v) is 16.8. The van der Waals surface area contributed by atoms with Gasteiger partial charge < -0.3 is 14.4 Å². The fourth-order valence-electron chi connectivity index (χ4n) is 7.53. The quantitative estimate of drug-likeness (QED) is 0.245. The fraction of sp³-hybridized carbons (Fsp3) is 0.250. The largest absolute Gasteiger partial charge is 0.458 e. The number of hydrogen-bond acceptors (Lipinski definition) is 5. The first-order chi connectivity index (χ1) is 20.6. The Hall–Kier alpha value is -4.33. The van der Waals surface area contributed by atoms with E-state index in [0.29, 0.717) is 23.4 Å². The lowest BCUT2D eigenvalue weighted by atomic mass is 9.86. The van der Waals surface area contributed by atoms with Gasteiger partial charge in [-0.1, -0.05) is 107 Å². The number of cyclic esters (lactones) is 1. The molecular weight excluding hydrogens is 552 g/mol. The number of nitrogens with zero attached hydrogens (tertiary/aromatic N) is 2. The number of ether oxygens (including phenoxy) is 1. The molecule has 7 rings (SSSR count). The molecule has 43 heavy (non-hydrogen) atoms. The highest BCUT2D eigenvalue weighted by Crippen LogP contribution is 2.42. The third-order valence-corrected chi connectivity index (χ3v) is 15.5. The Morgan fingerprint density at radius 3 is 2.12 bits per heavy atom. The summed E-state index contributed by atoms with van der Waals surface area (Å²) in [5.41, 5.74) is 1.79. The standard InChI is InChI=1S/C36H34N2O4Si/c1-5-36(41)28-20-30-31-26(21-38(30)33(39)27(28)22-42-34(36)40)32(25-18-12-13-19-29(25)37-31)43(35(2,3)4,23-14-8-6-9-15-23)24-16-10-7-11-17-24/h6-20,41H,5,21-22H2,1-4H3. The third kappa shape index (κ3) is 3.71. The van der Waals surface area contributed by atoms with Crippen molar-refractivity contribution < 1.29 is 14.6 Å². The molecule has 2 aliphatic heterocycles. The smallest absolute Gasteiger partial charge is 0.343 e. The zero-order valence-corrected chi connectivity index (χ0v) is 25.8. The predicted molar refractivity (Wildman–Crippen MR) is 172 cm³/mol. The van der Waals surface area contributed by atoms with Crippen molar-refractivity contribution in [2.45, 2.75) is 57.9 Å². The van der Waals surface area contributed by atoms with Gasteiger partial charge in [0, 0.05) is 16.5 Å². The number of fused-ring (bicyclic) bond motifs is 5. The summed E-state index contributed by atoms with van der Waals surface area (Å²) in [6, 6.07) is 31.7. The summed E-state index contributed by atoms with van der Waals surface area (Å²) in [5, 5.41) is 16.2. The summed E-state index contributed by atoms with van der Waals surface area (Å²) in [5.74, 6) is -0.718. The molecule has 0 bridgehead atoms. The molecule has 0 saturated carbocycles. The van der Waals surface area contributed by atoms with E-state index in [9.17, 15) is 14.7 Å². The van der Waals surface area contributed by atoms with E-state index in [1.54, 1.807) is 11.5 Å². The molecule has 0 saturated heterocycles. The molecule has 1 N–H and O–H groups in total. The molecule has 7 heteroatoms. The average Bonchev–Trinajstić information content (AvgIpc) is 3.38. The van der Waals surface area contributed by atoms with E-state index < -0.39 is 19.6 Å². The molecule has 0 fully saturated rings. The summed E-state index contributed by atoms with van der Waals surface area (Å²) in [4.78, 5) is 32.1. The van der Waals surface area contributed by atoms with Crippen LogP contribution in [-0.2, 0) is 28.3 Å². The molecule has 2 aliphatic rings. The molecule has 216 valence electrons. The van der Waals surface area contributed by atoms with Crippen molar-refractivity contribution in [1.29, 1.82) is 0 Å². The van der Waals surface area contributed by atoms with Gasteiger partial charge in [-0.3, -0.25) is 4.79 Å². The van der Waals surface area contributed by atoms with Crippen LogP contribution in [0.25, 0.3) is 22.3 Å². The highest BCUT2D eigenvalue weighted by atomic mass is 28.3. The molecule has 0 aliphatic carbocycles. The van der Waals surface area contributed by atoms with Crippen LogP contribution in [0.1, 0.15) is 50.8 Å². The molecule has 0 amide bonds. The van der Waals surface area contributed by atoms with E-state index in [0.717, 1.165) is 22.2 Å². The molecule has 1 atom stereocenters. The van der Waals surface area contributed by atoms with E-state index in [4.69, 9.17) is 9.72 Å². The van der Waals surface area contributed by atoms with Gasteiger partial charge in [-0.15, -0.1) is 0 Å². The van der Waals surface area contributed by atoms with Crippen molar-refractivity contribution in [2.75, 3.05) is 0 Å². The monoisotopic (exact) mass is 586 g/mol. The van der Waals surface area contributed by atoms with Gasteiger partial charge in [0.1, 0.15) is 6.61 Å². The van der Waals surface area contributed by atoms with E-state index in [-0.39, 0.29) is 23.6 Å². The van der Waals surface area contributed by atoms with Crippen LogP contribution in [0, 0.1) is 0 Å². The maximum absolute atomic E-state index is 14.1. The minimum atomic E-state index is -2.86. The number of hydrogen-bond donors (Lipinski definition) is 1. The van der Waals surface area contributed by atoms with Gasteiger partial charge >= 0.3 is 5.97 Å². The SMILES string of the molecule is CCC1(O)C(=O)OCc2c1cc1n(c2=O)Cc2c-1nc1ccccc1c2[Si](c1ccccc1)(c1ccccc1)C(C)(C)C. The molecule has 3 aromatic carbocycles. The highest BCUT2D eigenvalue weighted by molar-refractivity contribution is 7.14. The van der Waals surface area contributed by atoms with E-state index in [1.807, 2.05) is 18.2 Å². The van der Waals surface area contributed by atoms with Crippen molar-refractivity contribution in [1.82, 2.24) is 9.55 Å². The molecule has 0 radical (unpaired) electrons. The Morgan fingerprint density at radius 2 is 1.51 bits per heavy atom. The number of benzene rings is 3. The van der Waals surface area contributed by atoms with E-state index >= 15 is 0 Å². The number of para-hydroxylation sites is 1. The molecule has 6 nitrogen and oxygen atoms in total. The van der Waals surface area contributed by atoms with Crippen molar-refractivity contribution >= 4 is 40.5 Å². The Kier molecular flexibility index (Phi) is 6.13. The molecule has 5 aromatic rings. The van der Waals surface area contributed by atoms with Gasteiger partial charge in [-0.2, -0.15) is 0 Å². The van der Waals surface area contributed by atoms with Crippen LogP contribution < -0.4 is 21.1 Å². The second-order valence-corrected chi connectivity index (χ2v) is 17.3. The van der Waals surface area contributed by atoms with Crippen molar-refractivity contribution in [3.05, 3.63) is 118 Å². The fourth-order valence-corrected chi connectivity index (χ4v) is 13.6. The molecule has 1 unspecified atom stereocenters. The second kappa shape index (κ2) is 9.59. The average molecular weight is 587 g/mol. The van der Waals surface area contributed by atoms with Crippen molar-refractivity contribution in [3.8, 4) is 11.4 Å². The summed E-state index contributed by atoms with van der Waals surface area (Å²) < 4.78 is 7.07. The highest BCUT2D eigenvalue weighted by Gasteiger charge is 2.52. The van der Waals surface area contributed by atoms with Crippen LogP contribution in [0.4, 0.5) is 0 Å². The zero-order valence-electron chi connectivity index (χ0n) is 24.8. The van der Waals surface area contributed by atoms with E-state index in [2.05, 4.69) is 93.6 Å². The maximum atomic E-state index is 14.1. The summed E-state index contributed by atoms with van der Waals surface area (Å²) in [7, 11) is -2.86. The Morgan fingerprint density at radius 1 is 0.907 bits per heavy atom. The topological polar surface area (TPSA) is 81.4 Å². The number of aliphatic hydroxyl groups is 1. The lowest BCUT2D eigenvalue weighted by molar-refractivity contribution is -0.172. The molecule has 0 spiro atoms. The first-order valence-electron chi connectivity index (χ1n) is 14.8. The predicted octanol–water partition coefficient (Wildman–Crippen LogP) is 4.35. The number of pyridine rings is 2. The number of rotatable bonds is 4. The van der Waals surface area contributed by atoms with Gasteiger partial charge in [-0.05, 0) is 39.2 Å². The van der Waals surface area contributed by atoms with Gasteiger partial charge in [0.05, 0.1) is 29.0 Å². The minimum absolute atomic E-state index is 0.104. The van der Waals surface area contributed by atoms with Crippen LogP contribution in [0.15, 0.2) is 95.8 Å². The minimum Gasteiger partial charge on any atom is -0.458 e. The number of aromatic nitrogens is 2. The molecular formula is C36H34N2O4Si. The number of carbonyl (C=O) groups is 1. The number of carbonyl (C=O) groups excluding carboxylic acids is 1. The Bertz CT molecular complexity index is 1940. The lowest BCUT2D eigenvalue weighted by Crippen LogP contribution is -2.73. The summed E-state index contributed by atoms with van der Waals surface area (Å²) in [6.07, 6.45) is 0.104. The van der Waals surface area contributed by atoms with E-state index in [1.165, 1.54) is 15.6 Å². The van der Waals surface area contributed by atoms with Gasteiger partial charge in [0.15, 0.2) is 13.7 Å². The van der Waals surface area contributed by atoms with Crippen molar-refractivity contribution in [2.24, 2.45) is 0 Å².